The minimum absolute atomic E-state index is 0.00753. The van der Waals surface area contributed by atoms with E-state index in [9.17, 15) is 24.0 Å². The number of esters is 5. The molecule has 94 heavy (non-hydrogen) atoms. The van der Waals surface area contributed by atoms with Crippen molar-refractivity contribution in [2.45, 2.75) is 235 Å². The Labute approximate surface area is 563 Å². The lowest BCUT2D eigenvalue weighted by Gasteiger charge is -2.25. The third-order valence-electron chi connectivity index (χ3n) is 16.9. The smallest absolute Gasteiger partial charge is 0.333 e. The summed E-state index contributed by atoms with van der Waals surface area (Å²) in [6.07, 6.45) is 26.4. The number of unbranched alkanes of at least 4 members (excludes halogenated alkanes) is 16. The van der Waals surface area contributed by atoms with Crippen LogP contribution in [0.25, 0.3) is 0 Å². The van der Waals surface area contributed by atoms with Gasteiger partial charge in [-0.15, -0.1) is 0 Å². The Morgan fingerprint density at radius 1 is 0.319 bits per heavy atom. The predicted molar refractivity (Wildman–Crippen MR) is 374 cm³/mol. The first kappa shape index (κ1) is 77.4. The summed E-state index contributed by atoms with van der Waals surface area (Å²) in [7, 11) is 1.23. The molecule has 0 fully saturated rings. The molecular formula is C80H112O14. The largest absolute Gasteiger partial charge is 0.489 e. The van der Waals surface area contributed by atoms with Gasteiger partial charge in [0.2, 0.25) is 0 Å². The lowest BCUT2D eigenvalue weighted by molar-refractivity contribution is -0.153. The molecule has 516 valence electrons. The van der Waals surface area contributed by atoms with Crippen LogP contribution in [0, 0.1) is 0 Å². The van der Waals surface area contributed by atoms with Crippen molar-refractivity contribution in [1.82, 2.24) is 0 Å². The minimum Gasteiger partial charge on any atom is -0.489 e. The zero-order valence-electron chi connectivity index (χ0n) is 58.6. The first-order chi connectivity index (χ1) is 45.5. The van der Waals surface area contributed by atoms with Gasteiger partial charge in [-0.1, -0.05) is 199 Å². The van der Waals surface area contributed by atoms with E-state index in [2.05, 4.69) is 96.0 Å². The number of carbonyl (C=O) groups is 5. The van der Waals surface area contributed by atoms with E-state index in [1.807, 2.05) is 0 Å². The van der Waals surface area contributed by atoms with Gasteiger partial charge >= 0.3 is 29.8 Å². The van der Waals surface area contributed by atoms with Crippen LogP contribution in [-0.4, -0.2) is 89.8 Å². The van der Waals surface area contributed by atoms with Crippen molar-refractivity contribution in [2.24, 2.45) is 0 Å². The zero-order valence-corrected chi connectivity index (χ0v) is 58.6. The number of benzene rings is 4. The molecule has 0 spiro atoms. The summed E-state index contributed by atoms with van der Waals surface area (Å²) in [4.78, 5) is 63.8. The molecule has 0 amide bonds. The molecule has 5 rings (SSSR count). The average Bonchev–Trinajstić information content (AvgIpc) is 0.780. The lowest BCUT2D eigenvalue weighted by atomic mass is 9.87. The van der Waals surface area contributed by atoms with Crippen LogP contribution >= 0.6 is 0 Å². The van der Waals surface area contributed by atoms with Gasteiger partial charge in [0.05, 0.1) is 7.11 Å². The number of ether oxygens (including phenoxy) is 9. The Hall–Kier alpha value is -7.35. The normalized spacial score (nSPS) is 11.7. The topological polar surface area (TPSA) is 168 Å². The molecule has 0 unspecified atom stereocenters. The summed E-state index contributed by atoms with van der Waals surface area (Å²) in [5, 5.41) is 0. The van der Waals surface area contributed by atoms with E-state index in [1.165, 1.54) is 31.9 Å². The summed E-state index contributed by atoms with van der Waals surface area (Å²) in [5.74, 6) is -0.291. The summed E-state index contributed by atoms with van der Waals surface area (Å²) in [6, 6.07) is 18.2. The van der Waals surface area contributed by atoms with Gasteiger partial charge in [-0.2, -0.15) is 0 Å². The van der Waals surface area contributed by atoms with Gasteiger partial charge in [-0.25, -0.2) is 14.4 Å². The second-order valence-corrected chi connectivity index (χ2v) is 25.5. The second kappa shape index (κ2) is 43.6. The standard InChI is InChI=1S/C80H112O14/c1-12-16-20-24-28-32-60-44-64-52-66-46-61(33-29-25-21-17-13-2)48-68(75(66)89-38-41-92-78(83)57(5)6)54-70-50-63(35-31-27-23-19-15-4)51-71(77(70)91-40-43-94-80(85)59(9)10)55-69-49-62(34-30-26-22-18-14-3)47-67(76(69)90-39-42-93-79(84)58(7)8)53-65(45-60)74(64)88-37-36-87-73(82)56-72(81)86-11/h44-51H,5,7,9,12-43,52-56H2,1-4,6,8,10-11H3. The number of carbonyl (C=O) groups excluding carboxylic acids is 5. The number of hydrogen-bond acceptors (Lipinski definition) is 14. The van der Waals surface area contributed by atoms with E-state index >= 15 is 0 Å². The highest BCUT2D eigenvalue weighted by Gasteiger charge is 2.26. The van der Waals surface area contributed by atoms with Crippen molar-refractivity contribution in [3.63, 3.8) is 0 Å². The highest BCUT2D eigenvalue weighted by Crippen LogP contribution is 2.42. The number of rotatable bonds is 45. The zero-order chi connectivity index (χ0) is 68.0. The van der Waals surface area contributed by atoms with Gasteiger partial charge < -0.3 is 42.6 Å². The van der Waals surface area contributed by atoms with Crippen molar-refractivity contribution < 1.29 is 66.6 Å². The van der Waals surface area contributed by atoms with Crippen molar-refractivity contribution in [1.29, 1.82) is 0 Å². The van der Waals surface area contributed by atoms with E-state index in [4.69, 9.17) is 42.6 Å². The van der Waals surface area contributed by atoms with E-state index in [0.29, 0.717) is 65.4 Å². The molecule has 8 bridgehead atoms. The molecule has 0 saturated heterocycles. The first-order valence-electron chi connectivity index (χ1n) is 35.3. The van der Waals surface area contributed by atoms with Gasteiger partial charge in [-0.3, -0.25) is 9.59 Å². The predicted octanol–water partition coefficient (Wildman–Crippen LogP) is 17.4. The van der Waals surface area contributed by atoms with E-state index in [0.717, 1.165) is 196 Å². The molecule has 0 saturated carbocycles. The summed E-state index contributed by atoms with van der Waals surface area (Å²) < 4.78 is 55.6. The van der Waals surface area contributed by atoms with Crippen LogP contribution in [0.1, 0.15) is 250 Å². The first-order valence-corrected chi connectivity index (χ1v) is 35.3. The number of aryl methyl sites for hydroxylation is 4. The molecule has 4 aromatic carbocycles. The van der Waals surface area contributed by atoms with Gasteiger partial charge in [0.15, 0.2) is 0 Å². The van der Waals surface area contributed by atoms with E-state index in [1.54, 1.807) is 20.8 Å². The molecule has 4 aromatic rings. The number of hydrogen-bond donors (Lipinski definition) is 0. The van der Waals surface area contributed by atoms with Crippen LogP contribution in [-0.2, 0) is 99.0 Å². The molecule has 0 aromatic heterocycles. The fourth-order valence-electron chi connectivity index (χ4n) is 12.0. The second-order valence-electron chi connectivity index (χ2n) is 25.5. The fraction of sp³-hybridized carbons (Fsp3) is 0.562. The maximum Gasteiger partial charge on any atom is 0.333 e. The van der Waals surface area contributed by atoms with Crippen molar-refractivity contribution in [3.05, 3.63) is 152 Å². The Kier molecular flexibility index (Phi) is 35.9. The molecule has 1 aliphatic carbocycles. The molecule has 1 aliphatic rings. The highest BCUT2D eigenvalue weighted by atomic mass is 16.6. The van der Waals surface area contributed by atoms with Crippen LogP contribution in [0.4, 0.5) is 0 Å². The molecule has 14 heteroatoms. The van der Waals surface area contributed by atoms with E-state index < -0.39 is 36.3 Å². The summed E-state index contributed by atoms with van der Waals surface area (Å²) in [6.45, 7) is 25.3. The highest BCUT2D eigenvalue weighted by molar-refractivity contribution is 5.91. The van der Waals surface area contributed by atoms with Gasteiger partial charge in [0, 0.05) is 42.4 Å². The van der Waals surface area contributed by atoms with Crippen LogP contribution in [0.15, 0.2) is 85.0 Å². The minimum atomic E-state index is -0.719. The molecule has 0 heterocycles. The summed E-state index contributed by atoms with van der Waals surface area (Å²) >= 11 is 0. The Morgan fingerprint density at radius 2 is 0.543 bits per heavy atom. The SMILES string of the molecule is C=C(C)C(=O)OCCOc1c2cc(CCCCCCC)cc1Cc1cc(CCCCCCC)cc(c1OCCOC(=O)C(=C)C)Cc1cc(CCCCCCC)cc(c1OCCOC(=O)C(=C)C)Cc1cc(CCCCCCC)cc(c1OCCOC(=O)CC(=O)OC)C2. The van der Waals surface area contributed by atoms with Gasteiger partial charge in [0.1, 0.15) is 82.3 Å². The number of fused-ring (bicyclic) bond motifs is 8. The van der Waals surface area contributed by atoms with Crippen molar-refractivity contribution in [3.8, 4) is 23.0 Å². The molecule has 0 radical (unpaired) electrons. The molecular weight excluding hydrogens is 1180 g/mol. The Balaban J connectivity index is 1.94. The Morgan fingerprint density at radius 3 is 0.755 bits per heavy atom. The number of methoxy groups -OCH3 is 1. The molecule has 0 atom stereocenters. The maximum absolute atomic E-state index is 12.9. The van der Waals surface area contributed by atoms with Crippen molar-refractivity contribution >= 4 is 29.8 Å². The van der Waals surface area contributed by atoms with Crippen molar-refractivity contribution in [2.75, 3.05) is 60.0 Å². The molecule has 14 nitrogen and oxygen atoms in total. The van der Waals surface area contributed by atoms with Crippen LogP contribution in [0.5, 0.6) is 23.0 Å². The third kappa shape index (κ3) is 27.5. The molecule has 0 N–H and O–H groups in total. The van der Waals surface area contributed by atoms with Gasteiger partial charge in [0.25, 0.3) is 0 Å². The molecule has 0 aliphatic heterocycles. The fourth-order valence-corrected chi connectivity index (χ4v) is 12.0. The average molecular weight is 1300 g/mol. The monoisotopic (exact) mass is 1300 g/mol. The lowest BCUT2D eigenvalue weighted by Crippen LogP contribution is -2.17. The quantitative estimate of drug-likeness (QED) is 0.0119. The van der Waals surface area contributed by atoms with Crippen LogP contribution in [0.3, 0.4) is 0 Å². The van der Waals surface area contributed by atoms with E-state index in [-0.39, 0.29) is 52.9 Å². The summed E-state index contributed by atoms with van der Waals surface area (Å²) in [5.41, 5.74) is 12.9. The maximum atomic E-state index is 12.9. The van der Waals surface area contributed by atoms with Crippen LogP contribution in [0.2, 0.25) is 0 Å². The van der Waals surface area contributed by atoms with Crippen LogP contribution < -0.4 is 18.9 Å². The Bertz CT molecular complexity index is 2950. The third-order valence-corrected chi connectivity index (χ3v) is 16.9. The van der Waals surface area contributed by atoms with Gasteiger partial charge in [-0.05, 0) is 139 Å².